The Kier molecular flexibility index (Phi) is 4.65. The van der Waals surface area contributed by atoms with Gasteiger partial charge in [0.25, 0.3) is 5.69 Å². The quantitative estimate of drug-likeness (QED) is 0.307. The minimum atomic E-state index is -0.416. The molecule has 0 atom stereocenters. The van der Waals surface area contributed by atoms with Crippen LogP contribution in [0.5, 0.6) is 0 Å². The highest BCUT2D eigenvalue weighted by atomic mass is 35.5. The molecule has 0 aliphatic rings. The maximum absolute atomic E-state index is 11.0. The number of benzene rings is 2. The first-order valence-corrected chi connectivity index (χ1v) is 9.36. The number of imidazole rings is 1. The van der Waals surface area contributed by atoms with Gasteiger partial charge >= 0.3 is 0 Å². The van der Waals surface area contributed by atoms with Gasteiger partial charge in [-0.1, -0.05) is 47.5 Å². The smallest absolute Gasteiger partial charge is 0.270 e. The lowest BCUT2D eigenvalue weighted by atomic mass is 10.1. The maximum atomic E-state index is 11.0. The van der Waals surface area contributed by atoms with E-state index in [-0.39, 0.29) is 10.8 Å². The van der Waals surface area contributed by atoms with E-state index < -0.39 is 4.92 Å². The fourth-order valence-electron chi connectivity index (χ4n) is 2.60. The molecule has 4 aromatic rings. The van der Waals surface area contributed by atoms with E-state index >= 15 is 0 Å². The summed E-state index contributed by atoms with van der Waals surface area (Å²) in [7, 11) is 0. The first-order valence-electron chi connectivity index (χ1n) is 7.72. The Morgan fingerprint density at radius 1 is 1.07 bits per heavy atom. The lowest BCUT2D eigenvalue weighted by Crippen LogP contribution is -1.92. The number of halogens is 2. The van der Waals surface area contributed by atoms with Crippen LogP contribution in [0.3, 0.4) is 0 Å². The third-order valence-electron chi connectivity index (χ3n) is 3.90. The number of hydrogen-bond donors (Lipinski definition) is 0. The first kappa shape index (κ1) is 17.7. The predicted molar refractivity (Wildman–Crippen MR) is 107 cm³/mol. The summed E-state index contributed by atoms with van der Waals surface area (Å²) in [5.74, 6) is 0. The third-order valence-corrected chi connectivity index (χ3v) is 5.52. The van der Waals surface area contributed by atoms with Gasteiger partial charge < -0.3 is 0 Å². The van der Waals surface area contributed by atoms with Crippen molar-refractivity contribution in [2.24, 2.45) is 0 Å². The molecule has 27 heavy (non-hydrogen) atoms. The number of nitro groups is 1. The van der Waals surface area contributed by atoms with Crippen LogP contribution in [0.15, 0.2) is 60.2 Å². The second-order valence-corrected chi connectivity index (χ2v) is 7.17. The van der Waals surface area contributed by atoms with Crippen LogP contribution < -0.4 is 0 Å². The van der Waals surface area contributed by atoms with Crippen LogP contribution >= 0.6 is 34.5 Å². The van der Waals surface area contributed by atoms with Crippen molar-refractivity contribution in [3.8, 4) is 27.5 Å². The molecular formula is C18H10Cl2N4O2S. The van der Waals surface area contributed by atoms with E-state index in [4.69, 9.17) is 23.2 Å². The third kappa shape index (κ3) is 3.44. The van der Waals surface area contributed by atoms with Crippen LogP contribution in [0, 0.1) is 10.1 Å². The highest BCUT2D eigenvalue weighted by Crippen LogP contribution is 2.32. The van der Waals surface area contributed by atoms with Gasteiger partial charge in [-0.15, -0.1) is 11.3 Å². The molecule has 0 fully saturated rings. The Morgan fingerprint density at radius 2 is 1.85 bits per heavy atom. The number of hydrogen-bond acceptors (Lipinski definition) is 5. The fraction of sp³-hybridized carbons (Fsp3) is 0. The molecule has 0 saturated heterocycles. The first-order chi connectivity index (χ1) is 13.0. The van der Waals surface area contributed by atoms with Crippen molar-refractivity contribution in [2.75, 3.05) is 0 Å². The Labute approximate surface area is 167 Å². The van der Waals surface area contributed by atoms with Crippen LogP contribution in [0.25, 0.3) is 27.5 Å². The lowest BCUT2D eigenvalue weighted by Gasteiger charge is -2.05. The Hall–Kier alpha value is -2.74. The monoisotopic (exact) mass is 416 g/mol. The standard InChI is InChI=1S/C18H10Cl2N4O2S/c19-16-17(20)23(10-21-16)13-5-2-4-12(8-13)18-22-15(9-27-18)11-3-1-6-14(7-11)24(25)26/h1-10H. The Bertz CT molecular complexity index is 1160. The lowest BCUT2D eigenvalue weighted by molar-refractivity contribution is -0.384. The zero-order valence-electron chi connectivity index (χ0n) is 13.5. The van der Waals surface area contributed by atoms with E-state index in [2.05, 4.69) is 9.97 Å². The van der Waals surface area contributed by atoms with Gasteiger partial charge in [0.2, 0.25) is 0 Å². The van der Waals surface area contributed by atoms with E-state index in [0.717, 1.165) is 16.3 Å². The molecule has 6 nitrogen and oxygen atoms in total. The topological polar surface area (TPSA) is 73.8 Å². The van der Waals surface area contributed by atoms with Gasteiger partial charge in [-0.25, -0.2) is 9.97 Å². The van der Waals surface area contributed by atoms with Crippen LogP contribution in [-0.2, 0) is 0 Å². The summed E-state index contributed by atoms with van der Waals surface area (Å²) in [6.07, 6.45) is 1.56. The van der Waals surface area contributed by atoms with Crippen LogP contribution in [0.2, 0.25) is 10.3 Å². The number of thiazole rings is 1. The van der Waals surface area contributed by atoms with Crippen LogP contribution in [-0.4, -0.2) is 19.5 Å². The molecule has 0 saturated carbocycles. The molecule has 0 aliphatic heterocycles. The summed E-state index contributed by atoms with van der Waals surface area (Å²) in [5, 5.41) is 14.2. The highest BCUT2D eigenvalue weighted by Gasteiger charge is 2.13. The number of nitrogens with zero attached hydrogens (tertiary/aromatic N) is 4. The largest absolute Gasteiger partial charge is 0.288 e. The average Bonchev–Trinajstić information content (AvgIpc) is 3.30. The summed E-state index contributed by atoms with van der Waals surface area (Å²) in [4.78, 5) is 19.2. The second kappa shape index (κ2) is 7.11. The molecule has 0 amide bonds. The maximum Gasteiger partial charge on any atom is 0.270 e. The second-order valence-electron chi connectivity index (χ2n) is 5.59. The molecule has 0 N–H and O–H groups in total. The summed E-state index contributed by atoms with van der Waals surface area (Å²) in [6.45, 7) is 0. The molecule has 0 radical (unpaired) electrons. The zero-order chi connectivity index (χ0) is 19.0. The van der Waals surface area contributed by atoms with Gasteiger partial charge in [0, 0.05) is 34.3 Å². The van der Waals surface area contributed by atoms with E-state index in [9.17, 15) is 10.1 Å². The van der Waals surface area contributed by atoms with Crippen molar-refractivity contribution in [3.63, 3.8) is 0 Å². The van der Waals surface area contributed by atoms with Gasteiger partial charge in [-0.2, -0.15) is 0 Å². The van der Waals surface area contributed by atoms with Crippen LogP contribution in [0.1, 0.15) is 0 Å². The minimum Gasteiger partial charge on any atom is -0.288 e. The summed E-state index contributed by atoms with van der Waals surface area (Å²) in [6, 6.07) is 14.1. The van der Waals surface area contributed by atoms with Crippen molar-refractivity contribution in [2.45, 2.75) is 0 Å². The van der Waals surface area contributed by atoms with Gasteiger partial charge in [0.05, 0.1) is 10.6 Å². The molecule has 134 valence electrons. The molecule has 4 rings (SSSR count). The number of rotatable bonds is 4. The Balaban J connectivity index is 1.70. The molecular weight excluding hydrogens is 407 g/mol. The summed E-state index contributed by atoms with van der Waals surface area (Å²) < 4.78 is 1.68. The molecule has 0 bridgehead atoms. The fourth-order valence-corrected chi connectivity index (χ4v) is 3.75. The van der Waals surface area contributed by atoms with E-state index in [0.29, 0.717) is 16.4 Å². The molecule has 2 heterocycles. The summed E-state index contributed by atoms with van der Waals surface area (Å²) >= 11 is 13.5. The van der Waals surface area contributed by atoms with Crippen molar-refractivity contribution in [1.82, 2.24) is 14.5 Å². The molecule has 0 aliphatic carbocycles. The number of nitro benzene ring substituents is 1. The van der Waals surface area contributed by atoms with Gasteiger partial charge in [0.1, 0.15) is 11.3 Å². The van der Waals surface area contributed by atoms with E-state index in [1.54, 1.807) is 23.0 Å². The van der Waals surface area contributed by atoms with Crippen molar-refractivity contribution < 1.29 is 4.92 Å². The number of non-ortho nitro benzene ring substituents is 1. The molecule has 2 aromatic carbocycles. The Morgan fingerprint density at radius 3 is 2.59 bits per heavy atom. The summed E-state index contributed by atoms with van der Waals surface area (Å²) in [5.41, 5.74) is 3.13. The van der Waals surface area contributed by atoms with Gasteiger partial charge in [-0.3, -0.25) is 14.7 Å². The molecule has 0 unspecified atom stereocenters. The number of aromatic nitrogens is 3. The molecule has 0 spiro atoms. The zero-order valence-corrected chi connectivity index (χ0v) is 15.9. The molecule has 2 aromatic heterocycles. The van der Waals surface area contributed by atoms with Crippen molar-refractivity contribution in [3.05, 3.63) is 80.7 Å². The van der Waals surface area contributed by atoms with E-state index in [1.807, 2.05) is 29.6 Å². The van der Waals surface area contributed by atoms with Crippen LogP contribution in [0.4, 0.5) is 5.69 Å². The molecule has 9 heteroatoms. The van der Waals surface area contributed by atoms with Gasteiger partial charge in [0.15, 0.2) is 10.3 Å². The van der Waals surface area contributed by atoms with Crippen molar-refractivity contribution >= 4 is 40.2 Å². The normalized spacial score (nSPS) is 10.9. The predicted octanol–water partition coefficient (Wildman–Crippen LogP) is 5.88. The van der Waals surface area contributed by atoms with Crippen molar-refractivity contribution in [1.29, 1.82) is 0 Å². The SMILES string of the molecule is O=[N+]([O-])c1cccc(-c2csc(-c3cccc(-n4cnc(Cl)c4Cl)c3)n2)c1. The van der Waals surface area contributed by atoms with E-state index in [1.165, 1.54) is 23.5 Å². The average molecular weight is 417 g/mol. The van der Waals surface area contributed by atoms with Gasteiger partial charge in [-0.05, 0) is 12.1 Å². The minimum absolute atomic E-state index is 0.0377. The highest BCUT2D eigenvalue weighted by molar-refractivity contribution is 7.13.